The van der Waals surface area contributed by atoms with Gasteiger partial charge in [0.1, 0.15) is 5.75 Å². The van der Waals surface area contributed by atoms with Crippen LogP contribution < -0.4 is 4.74 Å². The Bertz CT molecular complexity index is 745. The van der Waals surface area contributed by atoms with Crippen molar-refractivity contribution in [3.05, 3.63) is 66.0 Å². The minimum atomic E-state index is -0.410. The number of hydrogen-bond donors (Lipinski definition) is 0. The molecular weight excluding hydrogens is 292 g/mol. The van der Waals surface area contributed by atoms with Gasteiger partial charge in [0.05, 0.1) is 25.1 Å². The molecular formula is C18H18N2O3. The topological polar surface area (TPSA) is 53.4 Å². The van der Waals surface area contributed by atoms with E-state index in [0.717, 1.165) is 17.1 Å². The van der Waals surface area contributed by atoms with E-state index in [1.165, 1.54) is 0 Å². The van der Waals surface area contributed by atoms with Crippen LogP contribution in [0.15, 0.2) is 54.6 Å². The zero-order valence-corrected chi connectivity index (χ0v) is 13.1. The zero-order valence-electron chi connectivity index (χ0n) is 13.1. The molecule has 0 N–H and O–H groups in total. The second kappa shape index (κ2) is 6.52. The largest absolute Gasteiger partial charge is 0.497 e. The molecule has 0 spiro atoms. The first kappa shape index (κ1) is 15.1. The Morgan fingerprint density at radius 1 is 1.22 bits per heavy atom. The summed E-state index contributed by atoms with van der Waals surface area (Å²) in [6.45, 7) is 2.11. The van der Waals surface area contributed by atoms with E-state index in [0.29, 0.717) is 12.3 Å². The van der Waals surface area contributed by atoms with Crippen LogP contribution in [0.3, 0.4) is 0 Å². The van der Waals surface area contributed by atoms with Crippen molar-refractivity contribution in [2.45, 2.75) is 12.8 Å². The second-order valence-corrected chi connectivity index (χ2v) is 5.08. The maximum atomic E-state index is 12.0. The standard InChI is InChI=1S/C18H18N2O3/c1-3-23-18(21)16-12-17(13-6-4-5-7-13)20(19-16)14-8-10-15(22-2)11-9-14/h4-13H,3H2,1-2H3. The molecule has 3 rings (SSSR count). The van der Waals surface area contributed by atoms with Gasteiger partial charge in [-0.2, -0.15) is 5.10 Å². The average Bonchev–Trinajstić information content (AvgIpc) is 3.24. The van der Waals surface area contributed by atoms with Crippen LogP contribution in [0.4, 0.5) is 0 Å². The predicted octanol–water partition coefficient (Wildman–Crippen LogP) is 3.27. The Balaban J connectivity index is 2.03. The van der Waals surface area contributed by atoms with Crippen molar-refractivity contribution < 1.29 is 14.3 Å². The summed E-state index contributed by atoms with van der Waals surface area (Å²) in [7, 11) is 1.63. The van der Waals surface area contributed by atoms with Gasteiger partial charge >= 0.3 is 5.97 Å². The molecule has 5 heteroatoms. The number of carbonyl (C=O) groups is 1. The van der Waals surface area contributed by atoms with Crippen molar-refractivity contribution >= 4 is 5.97 Å². The van der Waals surface area contributed by atoms with Crippen LogP contribution in [0.1, 0.15) is 29.0 Å². The van der Waals surface area contributed by atoms with Crippen LogP contribution in [-0.4, -0.2) is 29.5 Å². The molecule has 0 atom stereocenters. The molecule has 0 amide bonds. The predicted molar refractivity (Wildman–Crippen MR) is 87.1 cm³/mol. The van der Waals surface area contributed by atoms with Crippen LogP contribution in [0, 0.1) is 0 Å². The van der Waals surface area contributed by atoms with E-state index < -0.39 is 5.97 Å². The van der Waals surface area contributed by atoms with Crippen LogP contribution in [0.25, 0.3) is 5.69 Å². The van der Waals surface area contributed by atoms with E-state index in [2.05, 4.69) is 17.3 Å². The molecule has 0 unspecified atom stereocenters. The Labute approximate surface area is 134 Å². The molecule has 1 aliphatic rings. The fraction of sp³-hybridized carbons (Fsp3) is 0.222. The number of rotatable bonds is 5. The Kier molecular flexibility index (Phi) is 4.28. The van der Waals surface area contributed by atoms with Crippen LogP contribution in [0.2, 0.25) is 0 Å². The number of methoxy groups -OCH3 is 1. The minimum absolute atomic E-state index is 0.0905. The van der Waals surface area contributed by atoms with Crippen LogP contribution in [-0.2, 0) is 4.74 Å². The molecule has 1 aromatic heterocycles. The smallest absolute Gasteiger partial charge is 0.358 e. The van der Waals surface area contributed by atoms with Crippen molar-refractivity contribution in [2.75, 3.05) is 13.7 Å². The first-order valence-corrected chi connectivity index (χ1v) is 7.49. The molecule has 23 heavy (non-hydrogen) atoms. The summed E-state index contributed by atoms with van der Waals surface area (Å²) in [6, 6.07) is 9.34. The lowest BCUT2D eigenvalue weighted by atomic mass is 10.1. The normalized spacial score (nSPS) is 13.5. The van der Waals surface area contributed by atoms with Gasteiger partial charge in [0.2, 0.25) is 0 Å². The molecule has 5 nitrogen and oxygen atoms in total. The fourth-order valence-corrected chi connectivity index (χ4v) is 2.50. The molecule has 118 valence electrons. The van der Waals surface area contributed by atoms with Crippen molar-refractivity contribution in [3.8, 4) is 11.4 Å². The van der Waals surface area contributed by atoms with Gasteiger partial charge in [-0.1, -0.05) is 24.3 Å². The summed E-state index contributed by atoms with van der Waals surface area (Å²) in [4.78, 5) is 12.0. The van der Waals surface area contributed by atoms with Crippen LogP contribution >= 0.6 is 0 Å². The number of benzene rings is 1. The van der Waals surface area contributed by atoms with E-state index in [9.17, 15) is 4.79 Å². The van der Waals surface area contributed by atoms with Crippen molar-refractivity contribution in [2.24, 2.45) is 0 Å². The molecule has 1 aromatic carbocycles. The van der Waals surface area contributed by atoms with Gasteiger partial charge in [-0.15, -0.1) is 0 Å². The fourth-order valence-electron chi connectivity index (χ4n) is 2.50. The lowest BCUT2D eigenvalue weighted by Crippen LogP contribution is -2.07. The van der Waals surface area contributed by atoms with Gasteiger partial charge in [-0.25, -0.2) is 9.48 Å². The third-order valence-corrected chi connectivity index (χ3v) is 3.63. The molecule has 0 radical (unpaired) electrons. The molecule has 0 fully saturated rings. The zero-order chi connectivity index (χ0) is 16.2. The van der Waals surface area contributed by atoms with Crippen molar-refractivity contribution in [3.63, 3.8) is 0 Å². The third kappa shape index (κ3) is 3.04. The van der Waals surface area contributed by atoms with Gasteiger partial charge in [-0.05, 0) is 37.3 Å². The number of nitrogens with zero attached hydrogens (tertiary/aromatic N) is 2. The Morgan fingerprint density at radius 2 is 1.91 bits per heavy atom. The summed E-state index contributed by atoms with van der Waals surface area (Å²) >= 11 is 0. The van der Waals surface area contributed by atoms with E-state index in [-0.39, 0.29) is 5.92 Å². The first-order valence-electron chi connectivity index (χ1n) is 7.49. The Morgan fingerprint density at radius 3 is 2.52 bits per heavy atom. The molecule has 0 saturated carbocycles. The summed E-state index contributed by atoms with van der Waals surface area (Å²) in [6.07, 6.45) is 8.10. The third-order valence-electron chi connectivity index (χ3n) is 3.63. The second-order valence-electron chi connectivity index (χ2n) is 5.08. The highest BCUT2D eigenvalue weighted by Crippen LogP contribution is 2.27. The number of aromatic nitrogens is 2. The number of carbonyl (C=O) groups excluding carboxylic acids is 1. The van der Waals surface area contributed by atoms with Crippen molar-refractivity contribution in [1.82, 2.24) is 9.78 Å². The quantitative estimate of drug-likeness (QED) is 0.795. The van der Waals surface area contributed by atoms with Gasteiger partial charge < -0.3 is 9.47 Å². The molecule has 2 aromatic rings. The highest BCUT2D eigenvalue weighted by molar-refractivity contribution is 5.87. The van der Waals surface area contributed by atoms with Gasteiger partial charge in [0, 0.05) is 5.92 Å². The molecule has 0 bridgehead atoms. The number of ether oxygens (including phenoxy) is 2. The Hall–Kier alpha value is -2.82. The van der Waals surface area contributed by atoms with Gasteiger partial charge in [0.25, 0.3) is 0 Å². The monoisotopic (exact) mass is 310 g/mol. The molecule has 0 saturated heterocycles. The van der Waals surface area contributed by atoms with Crippen molar-refractivity contribution in [1.29, 1.82) is 0 Å². The van der Waals surface area contributed by atoms with E-state index in [4.69, 9.17) is 9.47 Å². The molecule has 0 aliphatic heterocycles. The summed E-state index contributed by atoms with van der Waals surface area (Å²) < 4.78 is 12.0. The lowest BCUT2D eigenvalue weighted by Gasteiger charge is -2.10. The van der Waals surface area contributed by atoms with E-state index in [1.807, 2.05) is 36.4 Å². The maximum Gasteiger partial charge on any atom is 0.358 e. The minimum Gasteiger partial charge on any atom is -0.497 e. The lowest BCUT2D eigenvalue weighted by molar-refractivity contribution is 0.0519. The summed E-state index contributed by atoms with van der Waals surface area (Å²) in [5.74, 6) is 0.452. The van der Waals surface area contributed by atoms with Crippen LogP contribution in [0.5, 0.6) is 5.75 Å². The summed E-state index contributed by atoms with van der Waals surface area (Å²) in [5.41, 5.74) is 2.10. The highest BCUT2D eigenvalue weighted by Gasteiger charge is 2.20. The van der Waals surface area contributed by atoms with Gasteiger partial charge in [-0.3, -0.25) is 0 Å². The molecule has 1 aliphatic carbocycles. The average molecular weight is 310 g/mol. The highest BCUT2D eigenvalue weighted by atomic mass is 16.5. The van der Waals surface area contributed by atoms with Gasteiger partial charge in [0.15, 0.2) is 5.69 Å². The van der Waals surface area contributed by atoms with E-state index >= 15 is 0 Å². The number of allylic oxidation sites excluding steroid dienone is 4. The maximum absolute atomic E-state index is 12.0. The molecule has 1 heterocycles. The first-order chi connectivity index (χ1) is 11.2. The van der Waals surface area contributed by atoms with E-state index in [1.54, 1.807) is 24.8 Å². The SMILES string of the molecule is CCOC(=O)c1cc(C2C=CC=C2)n(-c2ccc(OC)cc2)n1. The summed E-state index contributed by atoms with van der Waals surface area (Å²) in [5, 5.41) is 4.43. The number of esters is 1. The number of hydrogen-bond acceptors (Lipinski definition) is 4.